The van der Waals surface area contributed by atoms with Crippen molar-refractivity contribution in [1.82, 2.24) is 0 Å². The van der Waals surface area contributed by atoms with Gasteiger partial charge in [0.15, 0.2) is 0 Å². The van der Waals surface area contributed by atoms with Gasteiger partial charge in [0.2, 0.25) is 0 Å². The van der Waals surface area contributed by atoms with Crippen LogP contribution in [0.4, 0.5) is 0 Å². The Morgan fingerprint density at radius 1 is 1.12 bits per heavy atom. The molecule has 0 radical (unpaired) electrons. The van der Waals surface area contributed by atoms with Crippen molar-refractivity contribution in [2.24, 2.45) is 0 Å². The summed E-state index contributed by atoms with van der Waals surface area (Å²) in [6.45, 7) is 2.18. The number of aryl methyl sites for hydroxylation is 1. The van der Waals surface area contributed by atoms with E-state index in [4.69, 9.17) is 5.11 Å². The van der Waals surface area contributed by atoms with Crippen molar-refractivity contribution in [2.45, 2.75) is 39.0 Å². The van der Waals surface area contributed by atoms with E-state index in [1.165, 1.54) is 25.3 Å². The maximum Gasteiger partial charge on any atom is 1.00 e. The molecule has 16 heavy (non-hydrogen) atoms. The predicted molar refractivity (Wildman–Crippen MR) is 59.8 cm³/mol. The van der Waals surface area contributed by atoms with E-state index in [1.807, 2.05) is 0 Å². The van der Waals surface area contributed by atoms with Gasteiger partial charge in [0, 0.05) is 6.07 Å². The normalized spacial score (nSPS) is 9.06. The van der Waals surface area contributed by atoms with E-state index < -0.39 is 0 Å². The van der Waals surface area contributed by atoms with E-state index in [0.29, 0.717) is 0 Å². The third-order valence-electron chi connectivity index (χ3n) is 2.37. The summed E-state index contributed by atoms with van der Waals surface area (Å²) in [7, 11) is 0. The van der Waals surface area contributed by atoms with Gasteiger partial charge in [0.05, 0.1) is 0 Å². The Labute approximate surface area is 166 Å². The van der Waals surface area contributed by atoms with Crippen molar-refractivity contribution in [3.8, 4) is 11.5 Å². The molecule has 1 rings (SSSR count). The van der Waals surface area contributed by atoms with E-state index in [-0.39, 0.29) is 95.3 Å². The second-order valence-electron chi connectivity index (χ2n) is 3.62. The Bertz CT molecular complexity index is 301. The maximum absolute atomic E-state index is 9.49. The Morgan fingerprint density at radius 2 is 1.81 bits per heavy atom. The smallest absolute Gasteiger partial charge is 1.00 e. The van der Waals surface area contributed by atoms with Crippen LogP contribution in [0.2, 0.25) is 0 Å². The van der Waals surface area contributed by atoms with Crippen molar-refractivity contribution < 1.29 is 94.0 Å². The van der Waals surface area contributed by atoms with Crippen LogP contribution in [0.25, 0.3) is 0 Å². The number of hydrogen-bond acceptors (Lipinski definition) is 2. The molecule has 0 unspecified atom stereocenters. The second-order valence-corrected chi connectivity index (χ2v) is 3.62. The molecule has 1 aromatic rings. The van der Waals surface area contributed by atoms with Gasteiger partial charge in [0.1, 0.15) is 11.5 Å². The zero-order chi connectivity index (χ0) is 10.4. The molecule has 4 heteroatoms. The molecule has 0 atom stereocenters. The molecule has 0 aliphatic rings. The summed E-state index contributed by atoms with van der Waals surface area (Å²) < 4.78 is 0. The average molecular weight is 258 g/mol. The van der Waals surface area contributed by atoms with Gasteiger partial charge in [-0.2, -0.15) is 0 Å². The quantitative estimate of drug-likeness (QED) is 0.451. The van der Waals surface area contributed by atoms with Gasteiger partial charge in [0.25, 0.3) is 0 Å². The molecular formula is C12H20KNaO2. The van der Waals surface area contributed by atoms with Crippen LogP contribution in [0.5, 0.6) is 11.5 Å². The third kappa shape index (κ3) is 7.72. The Kier molecular flexibility index (Phi) is 14.3. The molecule has 0 saturated carbocycles. The summed E-state index contributed by atoms with van der Waals surface area (Å²) in [6.07, 6.45) is 5.68. The Morgan fingerprint density at radius 3 is 2.38 bits per heavy atom. The first kappa shape index (κ1) is 19.8. The molecule has 0 saturated heterocycles. The van der Waals surface area contributed by atoms with Gasteiger partial charge < -0.3 is 13.1 Å². The van der Waals surface area contributed by atoms with Crippen molar-refractivity contribution in [3.63, 3.8) is 0 Å². The molecule has 0 fully saturated rings. The van der Waals surface area contributed by atoms with Crippen LogP contribution < -0.4 is 80.9 Å². The molecule has 0 aliphatic heterocycles. The summed E-state index contributed by atoms with van der Waals surface area (Å²) in [5.74, 6) is 0.335. The van der Waals surface area contributed by atoms with E-state index >= 15 is 0 Å². The molecule has 0 aliphatic carbocycles. The Hall–Kier alpha value is 1.46. The van der Waals surface area contributed by atoms with Gasteiger partial charge in [-0.05, 0) is 24.5 Å². The number of hydrogen-bond donors (Lipinski definition) is 2. The van der Waals surface area contributed by atoms with E-state index in [2.05, 4.69) is 6.92 Å². The number of phenols is 2. The van der Waals surface area contributed by atoms with Crippen LogP contribution in [-0.2, 0) is 6.42 Å². The summed E-state index contributed by atoms with van der Waals surface area (Å²) in [5.41, 5.74) is 0.930. The van der Waals surface area contributed by atoms with Gasteiger partial charge in [-0.3, -0.25) is 0 Å². The first-order valence-corrected chi connectivity index (χ1v) is 5.25. The van der Waals surface area contributed by atoms with Crippen LogP contribution in [0, 0.1) is 0 Å². The minimum atomic E-state index is 0. The number of benzene rings is 1. The second kappa shape index (κ2) is 11.5. The molecule has 0 spiro atoms. The summed E-state index contributed by atoms with van der Waals surface area (Å²) in [4.78, 5) is 0. The number of aromatic hydroxyl groups is 2. The molecule has 2 N–H and O–H groups in total. The molecule has 2 nitrogen and oxygen atoms in total. The number of rotatable bonds is 5. The summed E-state index contributed by atoms with van der Waals surface area (Å²) >= 11 is 0. The molecule has 0 amide bonds. The molecule has 0 aromatic heterocycles. The first-order valence-electron chi connectivity index (χ1n) is 5.25. The van der Waals surface area contributed by atoms with Crippen molar-refractivity contribution in [1.29, 1.82) is 0 Å². The van der Waals surface area contributed by atoms with E-state index in [9.17, 15) is 5.11 Å². The third-order valence-corrected chi connectivity index (χ3v) is 2.37. The van der Waals surface area contributed by atoms with Crippen LogP contribution in [0.1, 0.15) is 41.0 Å². The van der Waals surface area contributed by atoms with Crippen LogP contribution >= 0.6 is 0 Å². The van der Waals surface area contributed by atoms with Gasteiger partial charge in [-0.1, -0.05) is 32.3 Å². The van der Waals surface area contributed by atoms with Crippen molar-refractivity contribution >= 4 is 0 Å². The van der Waals surface area contributed by atoms with Gasteiger partial charge in [-0.25, -0.2) is 0 Å². The van der Waals surface area contributed by atoms with Crippen LogP contribution in [-0.4, -0.2) is 10.2 Å². The summed E-state index contributed by atoms with van der Waals surface area (Å²) in [5, 5.41) is 18.6. The molecule has 0 heterocycles. The first-order chi connectivity index (χ1) is 6.74. The minimum Gasteiger partial charge on any atom is -1.00 e. The maximum atomic E-state index is 9.49. The SMILES string of the molecule is CCCCCCc1ccc(O)cc1O.[H-].[H-].[K+].[Na+]. The standard InChI is InChI=1S/C12H18O2.K.Na.2H/c1-2-3-4-5-6-10-7-8-11(13)9-12(10)14;;;;/h7-9,13-14H,2-6H2,1H3;;;;/q;2*+1;2*-1. The molecule has 1 aromatic carbocycles. The number of unbranched alkanes of at least 4 members (excludes halogenated alkanes) is 3. The van der Waals surface area contributed by atoms with Crippen LogP contribution in [0.15, 0.2) is 18.2 Å². The van der Waals surface area contributed by atoms with Gasteiger partial charge >= 0.3 is 80.9 Å². The Balaban J connectivity index is -0.000000245. The average Bonchev–Trinajstić information content (AvgIpc) is 2.15. The monoisotopic (exact) mass is 258 g/mol. The molecule has 0 bridgehead atoms. The molecular weight excluding hydrogens is 238 g/mol. The minimum absolute atomic E-state index is 0. The fourth-order valence-corrected chi connectivity index (χ4v) is 1.51. The topological polar surface area (TPSA) is 40.5 Å². The van der Waals surface area contributed by atoms with Gasteiger partial charge in [-0.15, -0.1) is 0 Å². The predicted octanol–water partition coefficient (Wildman–Crippen LogP) is -2.55. The zero-order valence-electron chi connectivity index (χ0n) is 12.7. The fraction of sp³-hybridized carbons (Fsp3) is 0.500. The van der Waals surface area contributed by atoms with E-state index in [1.54, 1.807) is 12.1 Å². The largest absolute Gasteiger partial charge is 1.00 e. The van der Waals surface area contributed by atoms with Crippen LogP contribution in [0.3, 0.4) is 0 Å². The summed E-state index contributed by atoms with van der Waals surface area (Å²) in [6, 6.07) is 4.81. The van der Waals surface area contributed by atoms with E-state index in [0.717, 1.165) is 18.4 Å². The zero-order valence-corrected chi connectivity index (χ0v) is 15.8. The van der Waals surface area contributed by atoms with Crippen molar-refractivity contribution in [3.05, 3.63) is 23.8 Å². The van der Waals surface area contributed by atoms with Crippen molar-refractivity contribution in [2.75, 3.05) is 0 Å². The number of phenolic OH excluding ortho intramolecular Hbond substituents is 2. The fourth-order valence-electron chi connectivity index (χ4n) is 1.51. The molecule has 82 valence electrons.